The highest BCUT2D eigenvalue weighted by molar-refractivity contribution is 7.80. The summed E-state index contributed by atoms with van der Waals surface area (Å²) < 4.78 is 41.7. The molecule has 5 rings (SSSR count). The Morgan fingerprint density at radius 2 is 2.00 bits per heavy atom. The second-order valence-electron chi connectivity index (χ2n) is 13.2. The number of amidine groups is 1. The first kappa shape index (κ1) is 36.9. The van der Waals surface area contributed by atoms with Gasteiger partial charge in [-0.3, -0.25) is 19.6 Å². The van der Waals surface area contributed by atoms with Crippen molar-refractivity contribution >= 4 is 56.2 Å². The molecule has 3 heterocycles. The van der Waals surface area contributed by atoms with Gasteiger partial charge in [-0.15, -0.1) is 15.6 Å². The smallest absolute Gasteiger partial charge is 0.418 e. The summed E-state index contributed by atoms with van der Waals surface area (Å²) in [5.74, 6) is -2.94. The first-order valence-electron chi connectivity index (χ1n) is 15.3. The lowest BCUT2D eigenvalue weighted by Crippen LogP contribution is -2.76. The number of hydrogen-bond donors (Lipinski definition) is 8. The molecule has 1 saturated heterocycles. The zero-order valence-electron chi connectivity index (χ0n) is 27.2. The molecule has 1 aromatic heterocycles. The summed E-state index contributed by atoms with van der Waals surface area (Å²) in [7, 11) is -5.04. The van der Waals surface area contributed by atoms with Gasteiger partial charge in [0, 0.05) is 28.9 Å². The van der Waals surface area contributed by atoms with Crippen molar-refractivity contribution in [2.75, 3.05) is 18.9 Å². The number of β-lactam (4-membered cyclic amide) rings is 1. The Morgan fingerprint density at radius 3 is 2.56 bits per heavy atom. The zero-order valence-corrected chi connectivity index (χ0v) is 28.8. The van der Waals surface area contributed by atoms with Gasteiger partial charge in [-0.25, -0.2) is 9.78 Å². The molecular weight excluding hydrogens is 700 g/mol. The Bertz CT molecular complexity index is 1840. The molecule has 1 aromatic carbocycles. The number of hydrogen-bond acceptors (Lipinski definition) is 15. The minimum Gasteiger partial charge on any atom is -0.485 e. The van der Waals surface area contributed by atoms with Crippen molar-refractivity contribution in [3.63, 3.8) is 0 Å². The van der Waals surface area contributed by atoms with Gasteiger partial charge in [0.2, 0.25) is 0 Å². The van der Waals surface area contributed by atoms with Gasteiger partial charge in [-0.2, -0.15) is 13.5 Å². The van der Waals surface area contributed by atoms with Crippen LogP contribution < -0.4 is 26.8 Å². The monoisotopic (exact) mass is 738 g/mol. The summed E-state index contributed by atoms with van der Waals surface area (Å²) in [5.41, 5.74) is 8.32. The normalized spacial score (nSPS) is 25.6. The Morgan fingerprint density at radius 1 is 1.30 bits per heavy atom. The van der Waals surface area contributed by atoms with Crippen molar-refractivity contribution in [2.45, 2.75) is 75.8 Å². The number of carbonyl (C=O) groups is 3. The minimum absolute atomic E-state index is 0.00558. The maximum absolute atomic E-state index is 13.5. The van der Waals surface area contributed by atoms with E-state index in [0.717, 1.165) is 16.9 Å². The highest BCUT2D eigenvalue weighted by Crippen LogP contribution is 2.40. The Hall–Kier alpha value is -4.41. The summed E-state index contributed by atoms with van der Waals surface area (Å²) in [6, 6.07) is 3.72. The number of benzene rings is 1. The molecule has 2 amide bonds. The number of carboxylic acid groups (broad SMARTS) is 1. The lowest BCUT2D eigenvalue weighted by molar-refractivity contribution is -0.218. The third kappa shape index (κ3) is 7.09. The maximum Gasteiger partial charge on any atom is 0.418 e. The van der Waals surface area contributed by atoms with Crippen molar-refractivity contribution in [1.82, 2.24) is 20.7 Å². The first-order chi connectivity index (χ1) is 23.3. The molecule has 0 spiro atoms. The number of nitrogens with two attached hydrogens (primary N) is 2. The number of thiazole rings is 1. The summed E-state index contributed by atoms with van der Waals surface area (Å²) >= 11 is 0.953. The van der Waals surface area contributed by atoms with Crippen LogP contribution in [0.4, 0.5) is 5.13 Å². The van der Waals surface area contributed by atoms with Gasteiger partial charge < -0.3 is 41.9 Å². The molecule has 2 aromatic rings. The highest BCUT2D eigenvalue weighted by Gasteiger charge is 2.58. The van der Waals surface area contributed by atoms with Gasteiger partial charge >= 0.3 is 16.4 Å². The van der Waals surface area contributed by atoms with Crippen molar-refractivity contribution in [1.29, 1.82) is 5.41 Å². The number of nitrogens with zero attached hydrogens (tertiary/aromatic N) is 3. The van der Waals surface area contributed by atoms with Crippen LogP contribution in [-0.4, -0.2) is 105 Å². The quantitative estimate of drug-likeness (QED) is 0.0424. The zero-order chi connectivity index (χ0) is 36.8. The van der Waals surface area contributed by atoms with Gasteiger partial charge in [-0.05, 0) is 70.2 Å². The van der Waals surface area contributed by atoms with E-state index in [-0.39, 0.29) is 41.1 Å². The average Bonchev–Trinajstić information content (AvgIpc) is 3.48. The van der Waals surface area contributed by atoms with Crippen LogP contribution >= 0.6 is 11.3 Å². The third-order valence-corrected chi connectivity index (χ3v) is 10.2. The number of hydroxylamine groups is 2. The lowest BCUT2D eigenvalue weighted by Gasteiger charge is -2.50. The van der Waals surface area contributed by atoms with Gasteiger partial charge in [-0.1, -0.05) is 5.16 Å². The topological polar surface area (TPSA) is 302 Å². The number of aryl methyl sites for hydroxylation is 1. The molecule has 0 bridgehead atoms. The Labute approximate surface area is 290 Å². The van der Waals surface area contributed by atoms with E-state index in [1.54, 1.807) is 18.2 Å². The summed E-state index contributed by atoms with van der Waals surface area (Å²) in [6.45, 7) is 4.30. The standard InChI is InChI=1S/C29H38N8O11S2/c1-27(2)21(24(40)37(27)48-50(43,44)45)35-23(39)20(17-11-49-26(32)34-17)36-47-28(3,25(41)42)19-7-5-14-8-15(4-6-18(14)46-19)22(31)33-16-9-29(10-16,12-30)13-38/h4,6,8,11,16,19,21,38H,5,7,9-10,12-13,30H2,1-3H3,(H2,31,33)(H2,32,34)(H,35,39)(H,41,42)(H,43,44,45)/b36-20-/t16-,19-,21-,28+,29+/m1/s1. The van der Waals surface area contributed by atoms with Crippen LogP contribution in [0.5, 0.6) is 5.75 Å². The number of anilines is 1. The van der Waals surface area contributed by atoms with E-state index in [0.29, 0.717) is 42.2 Å². The number of fused-ring (bicyclic) bond motifs is 1. The fourth-order valence-corrected chi connectivity index (χ4v) is 7.07. The van der Waals surface area contributed by atoms with Crippen molar-refractivity contribution in [3.8, 4) is 5.75 Å². The molecule has 0 unspecified atom stereocenters. The van der Waals surface area contributed by atoms with E-state index in [1.165, 1.54) is 26.2 Å². The molecule has 0 radical (unpaired) electrons. The van der Waals surface area contributed by atoms with Gasteiger partial charge in [0.25, 0.3) is 17.4 Å². The maximum atomic E-state index is 13.5. The average molecular weight is 739 g/mol. The first-order valence-corrected chi connectivity index (χ1v) is 17.6. The number of aliphatic hydroxyl groups excluding tert-OH is 1. The van der Waals surface area contributed by atoms with Crippen LogP contribution in [0.1, 0.15) is 56.9 Å². The van der Waals surface area contributed by atoms with Crippen LogP contribution in [0.25, 0.3) is 0 Å². The van der Waals surface area contributed by atoms with Crippen molar-refractivity contribution in [3.05, 3.63) is 40.4 Å². The number of nitrogens with one attached hydrogen (secondary N) is 3. The molecular formula is C29H38N8O11S2. The largest absolute Gasteiger partial charge is 0.485 e. The number of carboxylic acids is 1. The number of amides is 2. The van der Waals surface area contributed by atoms with Gasteiger partial charge in [0.15, 0.2) is 16.9 Å². The number of oxime groups is 1. The minimum atomic E-state index is -5.04. The van der Waals surface area contributed by atoms with E-state index < -0.39 is 57.2 Å². The Balaban J connectivity index is 1.31. The summed E-state index contributed by atoms with van der Waals surface area (Å²) in [5, 5.41) is 39.6. The fourth-order valence-electron chi connectivity index (χ4n) is 6.06. The number of carbonyl (C=O) groups excluding carboxylic acids is 2. The molecule has 3 atom stereocenters. The summed E-state index contributed by atoms with van der Waals surface area (Å²) in [6.07, 6.45) is 0.718. The second-order valence-corrected chi connectivity index (χ2v) is 15.1. The highest BCUT2D eigenvalue weighted by atomic mass is 32.3. The fraction of sp³-hybridized carbons (Fsp3) is 0.517. The second kappa shape index (κ2) is 13.4. The van der Waals surface area contributed by atoms with Crippen LogP contribution in [0.15, 0.2) is 28.7 Å². The van der Waals surface area contributed by atoms with Crippen LogP contribution in [0, 0.1) is 10.8 Å². The number of rotatable bonds is 13. The number of aliphatic hydroxyl groups is 1. The third-order valence-electron chi connectivity index (χ3n) is 9.24. The lowest BCUT2D eigenvalue weighted by atomic mass is 9.66. The molecule has 1 saturated carbocycles. The molecule has 3 aliphatic rings. The molecule has 2 fully saturated rings. The molecule has 10 N–H and O–H groups in total. The van der Waals surface area contributed by atoms with E-state index >= 15 is 0 Å². The summed E-state index contributed by atoms with van der Waals surface area (Å²) in [4.78, 5) is 48.3. The molecule has 272 valence electrons. The van der Waals surface area contributed by atoms with E-state index in [1.807, 2.05) is 0 Å². The Kier molecular flexibility index (Phi) is 9.86. The number of aliphatic carboxylic acids is 1. The number of nitrogen functional groups attached to an aromatic ring is 1. The molecule has 1 aliphatic carbocycles. The molecule has 50 heavy (non-hydrogen) atoms. The predicted octanol–water partition coefficient (Wildman–Crippen LogP) is -0.462. The molecule has 2 aliphatic heterocycles. The van der Waals surface area contributed by atoms with Gasteiger partial charge in [0.05, 0.1) is 12.1 Å². The van der Waals surface area contributed by atoms with Gasteiger partial charge in [0.1, 0.15) is 23.3 Å². The molecule has 19 nitrogen and oxygen atoms in total. The van der Waals surface area contributed by atoms with Crippen LogP contribution in [-0.2, 0) is 40.3 Å². The predicted molar refractivity (Wildman–Crippen MR) is 176 cm³/mol. The van der Waals surface area contributed by atoms with Crippen molar-refractivity contribution in [2.24, 2.45) is 16.3 Å². The van der Waals surface area contributed by atoms with Crippen LogP contribution in [0.2, 0.25) is 0 Å². The van der Waals surface area contributed by atoms with Crippen molar-refractivity contribution < 1.29 is 51.4 Å². The number of aromatic nitrogens is 1. The van der Waals surface area contributed by atoms with E-state index in [2.05, 4.69) is 25.1 Å². The van der Waals surface area contributed by atoms with E-state index in [4.69, 9.17) is 31.0 Å². The SMILES string of the molecule is CC1(C)[C@H](NC(=O)/C(=N\O[C@](C)(C(=O)O)[C@H]2CCc3cc(C(=N)N[C@H]4C[C@@](CN)(CO)C4)ccc3O2)c2csc(N)n2)C(=O)N1OS(=O)(=O)O. The van der Waals surface area contributed by atoms with Crippen LogP contribution in [0.3, 0.4) is 0 Å². The molecule has 21 heteroatoms. The number of ether oxygens (including phenoxy) is 1. The van der Waals surface area contributed by atoms with E-state index in [9.17, 15) is 33.0 Å².